The molecule has 120 valence electrons. The number of hydrogen-bond acceptors (Lipinski definition) is 2. The minimum Gasteiger partial charge on any atom is -0.332 e. The Kier molecular flexibility index (Phi) is 3.85. The third kappa shape index (κ3) is 3.27. The molecule has 0 atom stereocenters. The second-order valence-electron chi connectivity index (χ2n) is 6.53. The van der Waals surface area contributed by atoms with Crippen molar-refractivity contribution in [1.82, 2.24) is 14.5 Å². The van der Waals surface area contributed by atoms with Gasteiger partial charge in [0.05, 0.1) is 13.1 Å². The monoisotopic (exact) mass is 329 g/mol. The van der Waals surface area contributed by atoms with Gasteiger partial charge in [-0.05, 0) is 37.3 Å². The van der Waals surface area contributed by atoms with Gasteiger partial charge in [0, 0.05) is 29.4 Å². The fourth-order valence-corrected chi connectivity index (χ4v) is 3.13. The number of benzene rings is 1. The molecule has 4 nitrogen and oxygen atoms in total. The Morgan fingerprint density at radius 3 is 2.74 bits per heavy atom. The van der Waals surface area contributed by atoms with Gasteiger partial charge in [-0.2, -0.15) is 0 Å². The average Bonchev–Trinajstić information content (AvgIpc) is 3.45. The summed E-state index contributed by atoms with van der Waals surface area (Å²) in [6, 6.07) is 8.28. The maximum absolute atomic E-state index is 12.5. The average molecular weight is 330 g/mol. The van der Waals surface area contributed by atoms with Crippen LogP contribution in [0.4, 0.5) is 0 Å². The third-order valence-corrected chi connectivity index (χ3v) is 4.98. The van der Waals surface area contributed by atoms with Crippen LogP contribution in [0.25, 0.3) is 0 Å². The van der Waals surface area contributed by atoms with Crippen LogP contribution in [0.2, 0.25) is 5.02 Å². The maximum Gasteiger partial charge on any atom is 0.226 e. The highest BCUT2D eigenvalue weighted by Gasteiger charge is 2.40. The standard InChI is InChI=1S/C18H20ClN3O/c19-16-4-2-1-3-14(16)11-21-10-9-20-17(21)12-22(15-7-8-15)18(23)13-5-6-13/h1-4,9-10,13,15H,5-8,11-12H2. The van der Waals surface area contributed by atoms with E-state index in [2.05, 4.69) is 9.55 Å². The fraction of sp³-hybridized carbons (Fsp3) is 0.444. The van der Waals surface area contributed by atoms with Gasteiger partial charge in [-0.1, -0.05) is 29.8 Å². The Morgan fingerprint density at radius 2 is 2.04 bits per heavy atom. The molecule has 0 aliphatic heterocycles. The highest BCUT2D eigenvalue weighted by Crippen LogP contribution is 2.36. The lowest BCUT2D eigenvalue weighted by Gasteiger charge is -2.22. The first-order valence-corrected chi connectivity index (χ1v) is 8.64. The molecule has 2 aromatic rings. The van der Waals surface area contributed by atoms with E-state index in [0.717, 1.165) is 42.1 Å². The molecule has 2 aliphatic carbocycles. The van der Waals surface area contributed by atoms with Crippen LogP contribution in [0.15, 0.2) is 36.7 Å². The van der Waals surface area contributed by atoms with Crippen molar-refractivity contribution in [3.05, 3.63) is 53.1 Å². The summed E-state index contributed by atoms with van der Waals surface area (Å²) in [6.45, 7) is 1.29. The molecular weight excluding hydrogens is 310 g/mol. The number of hydrogen-bond donors (Lipinski definition) is 0. The van der Waals surface area contributed by atoms with Crippen molar-refractivity contribution in [3.63, 3.8) is 0 Å². The molecule has 5 heteroatoms. The van der Waals surface area contributed by atoms with Crippen molar-refractivity contribution in [2.75, 3.05) is 0 Å². The second kappa shape index (κ2) is 6.00. The summed E-state index contributed by atoms with van der Waals surface area (Å²) in [5, 5.41) is 0.764. The lowest BCUT2D eigenvalue weighted by atomic mass is 10.2. The topological polar surface area (TPSA) is 38.1 Å². The molecular formula is C18H20ClN3O. The van der Waals surface area contributed by atoms with E-state index in [1.165, 1.54) is 0 Å². The van der Waals surface area contributed by atoms with Crippen LogP contribution in [-0.4, -0.2) is 26.4 Å². The second-order valence-corrected chi connectivity index (χ2v) is 6.94. The molecule has 0 saturated heterocycles. The summed E-state index contributed by atoms with van der Waals surface area (Å²) in [5.74, 6) is 1.52. The van der Waals surface area contributed by atoms with Crippen molar-refractivity contribution in [3.8, 4) is 0 Å². The number of carbonyl (C=O) groups excluding carboxylic acids is 1. The molecule has 1 aromatic carbocycles. The Bertz CT molecular complexity index is 719. The maximum atomic E-state index is 12.5. The third-order valence-electron chi connectivity index (χ3n) is 4.61. The SMILES string of the molecule is O=C(C1CC1)N(Cc1nccn1Cc1ccccc1Cl)C1CC1. The van der Waals surface area contributed by atoms with Gasteiger partial charge in [-0.15, -0.1) is 0 Å². The van der Waals surface area contributed by atoms with Crippen LogP contribution >= 0.6 is 11.6 Å². The quantitative estimate of drug-likeness (QED) is 0.813. The summed E-state index contributed by atoms with van der Waals surface area (Å²) in [4.78, 5) is 19.0. The molecule has 0 N–H and O–H groups in total. The van der Waals surface area contributed by atoms with Crippen molar-refractivity contribution < 1.29 is 4.79 Å². The summed E-state index contributed by atoms with van der Waals surface area (Å²) in [6.07, 6.45) is 8.13. The minimum atomic E-state index is 0.266. The first kappa shape index (κ1) is 14.8. The Hall–Kier alpha value is -1.81. The largest absolute Gasteiger partial charge is 0.332 e. The number of amides is 1. The van der Waals surface area contributed by atoms with Gasteiger partial charge in [0.15, 0.2) is 0 Å². The molecule has 0 spiro atoms. The van der Waals surface area contributed by atoms with Crippen molar-refractivity contribution in [1.29, 1.82) is 0 Å². The zero-order valence-corrected chi connectivity index (χ0v) is 13.7. The number of carbonyl (C=O) groups is 1. The van der Waals surface area contributed by atoms with Crippen LogP contribution in [-0.2, 0) is 17.9 Å². The van der Waals surface area contributed by atoms with Crippen LogP contribution in [0.1, 0.15) is 37.1 Å². The molecule has 0 bridgehead atoms. The zero-order chi connectivity index (χ0) is 15.8. The van der Waals surface area contributed by atoms with E-state index in [4.69, 9.17) is 11.6 Å². The lowest BCUT2D eigenvalue weighted by Crippen LogP contribution is -2.34. The van der Waals surface area contributed by atoms with Gasteiger partial charge in [0.2, 0.25) is 5.91 Å². The first-order valence-electron chi connectivity index (χ1n) is 8.26. The lowest BCUT2D eigenvalue weighted by molar-refractivity contribution is -0.133. The van der Waals surface area contributed by atoms with Crippen molar-refractivity contribution >= 4 is 17.5 Å². The van der Waals surface area contributed by atoms with Crippen molar-refractivity contribution in [2.24, 2.45) is 5.92 Å². The van der Waals surface area contributed by atoms with Gasteiger partial charge in [-0.3, -0.25) is 4.79 Å². The number of nitrogens with zero attached hydrogens (tertiary/aromatic N) is 3. The molecule has 0 radical (unpaired) electrons. The number of rotatable bonds is 6. The van der Waals surface area contributed by atoms with Gasteiger partial charge in [0.1, 0.15) is 5.82 Å². The zero-order valence-electron chi connectivity index (χ0n) is 13.0. The molecule has 2 saturated carbocycles. The number of imidazole rings is 1. The van der Waals surface area contributed by atoms with E-state index in [1.54, 1.807) is 6.20 Å². The van der Waals surface area contributed by atoms with E-state index in [-0.39, 0.29) is 5.92 Å². The van der Waals surface area contributed by atoms with Gasteiger partial charge in [0.25, 0.3) is 0 Å². The fourth-order valence-electron chi connectivity index (χ4n) is 2.94. The van der Waals surface area contributed by atoms with Crippen molar-refractivity contribution in [2.45, 2.75) is 44.8 Å². The molecule has 1 heterocycles. The Balaban J connectivity index is 1.52. The summed E-state index contributed by atoms with van der Waals surface area (Å²) < 4.78 is 2.09. The van der Waals surface area contributed by atoms with Crippen LogP contribution in [0.5, 0.6) is 0 Å². The van der Waals surface area contributed by atoms with E-state index in [0.29, 0.717) is 25.0 Å². The predicted octanol–water partition coefficient (Wildman–Crippen LogP) is 3.49. The van der Waals surface area contributed by atoms with E-state index in [9.17, 15) is 4.79 Å². The summed E-state index contributed by atoms with van der Waals surface area (Å²) in [7, 11) is 0. The molecule has 4 rings (SSSR count). The highest BCUT2D eigenvalue weighted by molar-refractivity contribution is 6.31. The molecule has 1 aromatic heterocycles. The Morgan fingerprint density at radius 1 is 1.26 bits per heavy atom. The van der Waals surface area contributed by atoms with Gasteiger partial charge >= 0.3 is 0 Å². The molecule has 1 amide bonds. The van der Waals surface area contributed by atoms with Gasteiger partial charge < -0.3 is 9.47 Å². The molecule has 2 fully saturated rings. The minimum absolute atomic E-state index is 0.266. The summed E-state index contributed by atoms with van der Waals surface area (Å²) >= 11 is 6.26. The first-order chi connectivity index (χ1) is 11.2. The molecule has 2 aliphatic rings. The van der Waals surface area contributed by atoms with E-state index >= 15 is 0 Å². The van der Waals surface area contributed by atoms with E-state index < -0.39 is 0 Å². The van der Waals surface area contributed by atoms with Crippen LogP contribution in [0.3, 0.4) is 0 Å². The number of aromatic nitrogens is 2. The van der Waals surface area contributed by atoms with Crippen LogP contribution < -0.4 is 0 Å². The highest BCUT2D eigenvalue weighted by atomic mass is 35.5. The van der Waals surface area contributed by atoms with E-state index in [1.807, 2.05) is 35.4 Å². The van der Waals surface area contributed by atoms with Crippen LogP contribution in [0, 0.1) is 5.92 Å². The van der Waals surface area contributed by atoms with Gasteiger partial charge in [-0.25, -0.2) is 4.98 Å². The molecule has 23 heavy (non-hydrogen) atoms. The normalized spacial score (nSPS) is 17.3. The Labute approximate surface area is 141 Å². The predicted molar refractivity (Wildman–Crippen MR) is 89.1 cm³/mol. The smallest absolute Gasteiger partial charge is 0.226 e. The number of halogens is 1. The summed E-state index contributed by atoms with van der Waals surface area (Å²) in [5.41, 5.74) is 1.07. The molecule has 0 unspecified atom stereocenters.